The van der Waals surface area contributed by atoms with Crippen molar-refractivity contribution >= 4 is 0 Å². The molecule has 2 aromatic rings. The van der Waals surface area contributed by atoms with Crippen molar-refractivity contribution in [1.82, 2.24) is 19.6 Å². The molecule has 0 bridgehead atoms. The zero-order valence-corrected chi connectivity index (χ0v) is 15.4. The fourth-order valence-corrected chi connectivity index (χ4v) is 4.05. The molecule has 1 aliphatic heterocycles. The highest BCUT2D eigenvalue weighted by Gasteiger charge is 2.29. The summed E-state index contributed by atoms with van der Waals surface area (Å²) in [6, 6.07) is 11.5. The Labute approximate surface area is 146 Å². The summed E-state index contributed by atoms with van der Waals surface area (Å²) in [6.45, 7) is 8.93. The summed E-state index contributed by atoms with van der Waals surface area (Å²) in [6.07, 6.45) is 3.39. The third-order valence-electron chi connectivity index (χ3n) is 5.29. The summed E-state index contributed by atoms with van der Waals surface area (Å²) in [5.41, 5.74) is 3.92. The molecule has 1 aromatic carbocycles. The molecule has 24 heavy (non-hydrogen) atoms. The summed E-state index contributed by atoms with van der Waals surface area (Å²) in [5, 5.41) is 4.47. The van der Waals surface area contributed by atoms with E-state index >= 15 is 0 Å². The molecule has 2 atom stereocenters. The van der Waals surface area contributed by atoms with E-state index in [0.29, 0.717) is 12.0 Å². The summed E-state index contributed by atoms with van der Waals surface area (Å²) < 4.78 is 1.92. The fourth-order valence-electron chi connectivity index (χ4n) is 4.05. The Morgan fingerprint density at radius 3 is 2.62 bits per heavy atom. The normalized spacial score (nSPS) is 22.2. The van der Waals surface area contributed by atoms with E-state index in [9.17, 15) is 0 Å². The van der Waals surface area contributed by atoms with Gasteiger partial charge in [0, 0.05) is 44.5 Å². The van der Waals surface area contributed by atoms with Gasteiger partial charge in [0.05, 0.1) is 5.69 Å². The number of hydrogen-bond donors (Lipinski definition) is 0. The van der Waals surface area contributed by atoms with Gasteiger partial charge in [-0.3, -0.25) is 14.5 Å². The molecule has 130 valence electrons. The molecule has 0 unspecified atom stereocenters. The van der Waals surface area contributed by atoms with Gasteiger partial charge in [-0.25, -0.2) is 0 Å². The zero-order valence-electron chi connectivity index (χ0n) is 15.4. The van der Waals surface area contributed by atoms with Crippen LogP contribution in [-0.4, -0.2) is 45.8 Å². The predicted molar refractivity (Wildman–Crippen MR) is 98.7 cm³/mol. The number of likely N-dealkylation sites (tertiary alicyclic amines) is 1. The van der Waals surface area contributed by atoms with E-state index in [4.69, 9.17) is 0 Å². The first kappa shape index (κ1) is 17.2. The lowest BCUT2D eigenvalue weighted by Crippen LogP contribution is -2.48. The van der Waals surface area contributed by atoms with Crippen LogP contribution in [0.4, 0.5) is 0 Å². The maximum atomic E-state index is 4.47. The molecule has 0 N–H and O–H groups in total. The van der Waals surface area contributed by atoms with Gasteiger partial charge in [0.15, 0.2) is 0 Å². The van der Waals surface area contributed by atoms with Crippen LogP contribution in [0.1, 0.15) is 30.2 Å². The second-order valence-electron chi connectivity index (χ2n) is 7.38. The number of benzene rings is 1. The summed E-state index contributed by atoms with van der Waals surface area (Å²) >= 11 is 0. The van der Waals surface area contributed by atoms with E-state index in [2.05, 4.69) is 72.3 Å². The lowest BCUT2D eigenvalue weighted by Gasteiger charge is -2.41. The first-order valence-electron chi connectivity index (χ1n) is 8.98. The van der Waals surface area contributed by atoms with Crippen LogP contribution in [0.2, 0.25) is 0 Å². The van der Waals surface area contributed by atoms with E-state index in [1.807, 2.05) is 11.7 Å². The average Bonchev–Trinajstić information content (AvgIpc) is 2.86. The summed E-state index contributed by atoms with van der Waals surface area (Å²) in [5.74, 6) is 0.685. The standard InChI is InChI=1S/C20H30N4/c1-16-12-24(13-18-8-6-5-7-9-18)11-10-20(16)22(3)14-19-15-23(4)21-17(19)2/h5-9,15-16,20H,10-14H2,1-4H3/t16-,20-/m1/s1. The second kappa shape index (κ2) is 7.49. The Balaban J connectivity index is 1.56. The van der Waals surface area contributed by atoms with Gasteiger partial charge in [-0.2, -0.15) is 5.10 Å². The minimum atomic E-state index is 0.650. The molecule has 0 radical (unpaired) electrons. The minimum Gasteiger partial charge on any atom is -0.299 e. The van der Waals surface area contributed by atoms with Crippen molar-refractivity contribution in [1.29, 1.82) is 0 Å². The largest absolute Gasteiger partial charge is 0.299 e. The van der Waals surface area contributed by atoms with Gasteiger partial charge < -0.3 is 0 Å². The quantitative estimate of drug-likeness (QED) is 0.844. The molecule has 0 spiro atoms. The molecular formula is C20H30N4. The Morgan fingerprint density at radius 1 is 1.25 bits per heavy atom. The third-order valence-corrected chi connectivity index (χ3v) is 5.29. The maximum Gasteiger partial charge on any atom is 0.0638 e. The van der Waals surface area contributed by atoms with E-state index < -0.39 is 0 Å². The Hall–Kier alpha value is -1.65. The van der Waals surface area contributed by atoms with Crippen molar-refractivity contribution in [2.45, 2.75) is 39.4 Å². The molecule has 1 saturated heterocycles. The number of hydrogen-bond acceptors (Lipinski definition) is 3. The van der Waals surface area contributed by atoms with Gasteiger partial charge in [-0.1, -0.05) is 37.3 Å². The van der Waals surface area contributed by atoms with Gasteiger partial charge in [0.2, 0.25) is 0 Å². The van der Waals surface area contributed by atoms with Gasteiger partial charge in [0.25, 0.3) is 0 Å². The second-order valence-corrected chi connectivity index (χ2v) is 7.38. The van der Waals surface area contributed by atoms with E-state index in [1.165, 1.54) is 30.6 Å². The Kier molecular flexibility index (Phi) is 5.36. The van der Waals surface area contributed by atoms with Crippen molar-refractivity contribution < 1.29 is 0 Å². The molecule has 1 aliphatic rings. The topological polar surface area (TPSA) is 24.3 Å². The Morgan fingerprint density at radius 2 is 2.00 bits per heavy atom. The van der Waals surface area contributed by atoms with Gasteiger partial charge in [-0.05, 0) is 38.4 Å². The van der Waals surface area contributed by atoms with Crippen LogP contribution in [-0.2, 0) is 20.1 Å². The van der Waals surface area contributed by atoms with Crippen LogP contribution in [0.5, 0.6) is 0 Å². The Bertz CT molecular complexity index is 649. The number of aromatic nitrogens is 2. The summed E-state index contributed by atoms with van der Waals surface area (Å²) in [4.78, 5) is 5.12. The molecule has 0 aliphatic carbocycles. The van der Waals surface area contributed by atoms with Crippen LogP contribution in [0.25, 0.3) is 0 Å². The fraction of sp³-hybridized carbons (Fsp3) is 0.550. The number of aryl methyl sites for hydroxylation is 2. The highest BCUT2D eigenvalue weighted by atomic mass is 15.3. The highest BCUT2D eigenvalue weighted by Crippen LogP contribution is 2.24. The highest BCUT2D eigenvalue weighted by molar-refractivity contribution is 5.16. The lowest BCUT2D eigenvalue weighted by atomic mass is 9.92. The molecule has 4 heteroatoms. The SMILES string of the molecule is Cc1nn(C)cc1CN(C)[C@@H]1CCN(Cc2ccccc2)C[C@H]1C. The van der Waals surface area contributed by atoms with Crippen LogP contribution in [0.3, 0.4) is 0 Å². The molecule has 3 rings (SSSR count). The summed E-state index contributed by atoms with van der Waals surface area (Å²) in [7, 11) is 4.27. The van der Waals surface area contributed by atoms with Crippen molar-refractivity contribution in [2.75, 3.05) is 20.1 Å². The molecule has 1 fully saturated rings. The van der Waals surface area contributed by atoms with Gasteiger partial charge in [-0.15, -0.1) is 0 Å². The number of nitrogens with zero attached hydrogens (tertiary/aromatic N) is 4. The third kappa shape index (κ3) is 4.05. The number of rotatable bonds is 5. The molecule has 1 aromatic heterocycles. The molecule has 0 saturated carbocycles. The van der Waals surface area contributed by atoms with E-state index in [1.54, 1.807) is 0 Å². The van der Waals surface area contributed by atoms with Crippen molar-refractivity contribution in [3.8, 4) is 0 Å². The molecule has 0 amide bonds. The van der Waals surface area contributed by atoms with Crippen LogP contribution < -0.4 is 0 Å². The first-order chi connectivity index (χ1) is 11.5. The van der Waals surface area contributed by atoms with Crippen molar-refractivity contribution in [3.05, 3.63) is 53.3 Å². The average molecular weight is 326 g/mol. The van der Waals surface area contributed by atoms with Crippen LogP contribution in [0, 0.1) is 12.8 Å². The molecular weight excluding hydrogens is 296 g/mol. The predicted octanol–water partition coefficient (Wildman–Crippen LogP) is 3.07. The lowest BCUT2D eigenvalue weighted by molar-refractivity contribution is 0.0718. The maximum absolute atomic E-state index is 4.47. The van der Waals surface area contributed by atoms with Crippen molar-refractivity contribution in [2.24, 2.45) is 13.0 Å². The monoisotopic (exact) mass is 326 g/mol. The zero-order chi connectivity index (χ0) is 17.1. The smallest absolute Gasteiger partial charge is 0.0638 e. The molecule has 4 nitrogen and oxygen atoms in total. The van der Waals surface area contributed by atoms with E-state index in [-0.39, 0.29) is 0 Å². The van der Waals surface area contributed by atoms with Gasteiger partial charge >= 0.3 is 0 Å². The van der Waals surface area contributed by atoms with Gasteiger partial charge in [0.1, 0.15) is 0 Å². The van der Waals surface area contributed by atoms with Crippen LogP contribution >= 0.6 is 0 Å². The molecule has 2 heterocycles. The van der Waals surface area contributed by atoms with Crippen LogP contribution in [0.15, 0.2) is 36.5 Å². The first-order valence-corrected chi connectivity index (χ1v) is 8.98. The number of piperidine rings is 1. The minimum absolute atomic E-state index is 0.650. The van der Waals surface area contributed by atoms with Crippen molar-refractivity contribution in [3.63, 3.8) is 0 Å². The van der Waals surface area contributed by atoms with E-state index in [0.717, 1.165) is 18.8 Å².